The summed E-state index contributed by atoms with van der Waals surface area (Å²) in [4.78, 5) is 0. The van der Waals surface area contributed by atoms with Gasteiger partial charge >= 0.3 is 0 Å². The van der Waals surface area contributed by atoms with E-state index in [-0.39, 0.29) is 5.75 Å². The molecular weight excluding hydrogens is 396 g/mol. The third-order valence-electron chi connectivity index (χ3n) is 2.31. The number of aryl methyl sites for hydroxylation is 1. The van der Waals surface area contributed by atoms with Gasteiger partial charge in [0.1, 0.15) is 5.75 Å². The second-order valence-electron chi connectivity index (χ2n) is 3.62. The van der Waals surface area contributed by atoms with Crippen LogP contribution in [0.5, 0.6) is 5.75 Å². The number of nitrogens with zero attached hydrogens (tertiary/aromatic N) is 4. The highest BCUT2D eigenvalue weighted by molar-refractivity contribution is 9.11. The molecule has 1 aromatic carbocycles. The van der Waals surface area contributed by atoms with Crippen molar-refractivity contribution < 1.29 is 5.11 Å². The van der Waals surface area contributed by atoms with E-state index in [0.29, 0.717) is 8.95 Å². The van der Waals surface area contributed by atoms with Gasteiger partial charge in [-0.2, -0.15) is 9.78 Å². The van der Waals surface area contributed by atoms with Crippen LogP contribution in [0.4, 0.5) is 0 Å². The largest absolute Gasteiger partial charge is 0.506 e. The Hall–Kier alpha value is -0.860. The van der Waals surface area contributed by atoms with Gasteiger partial charge in [0.05, 0.1) is 15.2 Å². The maximum absolute atomic E-state index is 9.64. The van der Waals surface area contributed by atoms with E-state index < -0.39 is 0 Å². The lowest BCUT2D eigenvalue weighted by Gasteiger charge is -2.02. The van der Waals surface area contributed by atoms with E-state index in [1.165, 1.54) is 11.8 Å². The molecule has 100 valence electrons. The van der Waals surface area contributed by atoms with E-state index >= 15 is 0 Å². The van der Waals surface area contributed by atoms with E-state index in [1.807, 2.05) is 13.2 Å². The summed E-state index contributed by atoms with van der Waals surface area (Å²) in [6, 6.07) is 3.56. The van der Waals surface area contributed by atoms with Gasteiger partial charge in [0.2, 0.25) is 5.16 Å². The van der Waals surface area contributed by atoms with Gasteiger partial charge in [0.25, 0.3) is 0 Å². The quantitative estimate of drug-likeness (QED) is 0.627. The van der Waals surface area contributed by atoms with Crippen LogP contribution in [-0.4, -0.2) is 32.5 Å². The molecular formula is C11H10Br2N4OS. The number of aromatic nitrogens is 3. The molecule has 8 heteroatoms. The Morgan fingerprint density at radius 1 is 1.32 bits per heavy atom. The van der Waals surface area contributed by atoms with E-state index in [0.717, 1.165) is 16.5 Å². The lowest BCUT2D eigenvalue weighted by atomic mass is 10.2. The minimum absolute atomic E-state index is 0.169. The highest BCUT2D eigenvalue weighted by Gasteiger charge is 2.07. The van der Waals surface area contributed by atoms with Crippen LogP contribution in [-0.2, 0) is 0 Å². The molecule has 19 heavy (non-hydrogen) atoms. The molecule has 0 spiro atoms. The molecule has 2 rings (SSSR count). The average Bonchev–Trinajstić information content (AvgIpc) is 2.74. The lowest BCUT2D eigenvalue weighted by Crippen LogP contribution is -1.95. The second kappa shape index (κ2) is 6.06. The molecule has 0 saturated heterocycles. The Balaban J connectivity index is 2.35. The number of benzene rings is 1. The van der Waals surface area contributed by atoms with E-state index in [4.69, 9.17) is 0 Å². The SMILES string of the molecule is CSc1nnc(C)n1/N=C\c1cc(Br)c(O)c(Br)c1. The molecule has 0 aliphatic carbocycles. The van der Waals surface area contributed by atoms with Crippen molar-refractivity contribution in [1.82, 2.24) is 14.9 Å². The van der Waals surface area contributed by atoms with Crippen molar-refractivity contribution in [1.29, 1.82) is 0 Å². The maximum Gasteiger partial charge on any atom is 0.211 e. The summed E-state index contributed by atoms with van der Waals surface area (Å²) in [6.45, 7) is 1.84. The molecule has 0 unspecified atom stereocenters. The highest BCUT2D eigenvalue weighted by atomic mass is 79.9. The first-order valence-corrected chi connectivity index (χ1v) is 8.02. The zero-order valence-corrected chi connectivity index (χ0v) is 14.1. The van der Waals surface area contributed by atoms with Crippen molar-refractivity contribution in [2.75, 3.05) is 6.26 Å². The first-order valence-electron chi connectivity index (χ1n) is 5.21. The second-order valence-corrected chi connectivity index (χ2v) is 6.11. The molecule has 5 nitrogen and oxygen atoms in total. The monoisotopic (exact) mass is 404 g/mol. The number of phenols is 1. The zero-order valence-electron chi connectivity index (χ0n) is 10.1. The number of halogens is 2. The van der Waals surface area contributed by atoms with Gasteiger partial charge in [-0.25, -0.2) is 0 Å². The van der Waals surface area contributed by atoms with Crippen molar-refractivity contribution in [3.63, 3.8) is 0 Å². The summed E-state index contributed by atoms with van der Waals surface area (Å²) in [6.07, 6.45) is 3.61. The standard InChI is InChI=1S/C11H10Br2N4OS/c1-6-15-16-11(19-2)17(6)14-5-7-3-8(12)10(18)9(13)4-7/h3-5,18H,1-2H3/b14-5-. The number of hydrogen-bond acceptors (Lipinski definition) is 5. The Labute approximate surface area is 131 Å². The van der Waals surface area contributed by atoms with Crippen molar-refractivity contribution in [3.05, 3.63) is 32.5 Å². The first kappa shape index (κ1) is 14.5. The van der Waals surface area contributed by atoms with Crippen LogP contribution >= 0.6 is 43.6 Å². The van der Waals surface area contributed by atoms with Crippen LogP contribution in [0.1, 0.15) is 11.4 Å². The van der Waals surface area contributed by atoms with E-state index in [2.05, 4.69) is 47.2 Å². The fourth-order valence-electron chi connectivity index (χ4n) is 1.38. The van der Waals surface area contributed by atoms with Gasteiger partial charge < -0.3 is 5.11 Å². The third-order valence-corrected chi connectivity index (χ3v) is 4.14. The normalized spacial score (nSPS) is 11.4. The highest BCUT2D eigenvalue weighted by Crippen LogP contribution is 2.32. The summed E-state index contributed by atoms with van der Waals surface area (Å²) in [7, 11) is 0. The van der Waals surface area contributed by atoms with Crippen LogP contribution in [0.2, 0.25) is 0 Å². The summed E-state index contributed by atoms with van der Waals surface area (Å²) in [5.41, 5.74) is 0.844. The summed E-state index contributed by atoms with van der Waals surface area (Å²) >= 11 is 8.04. The topological polar surface area (TPSA) is 63.3 Å². The maximum atomic E-state index is 9.64. The minimum Gasteiger partial charge on any atom is -0.506 e. The molecule has 0 radical (unpaired) electrons. The zero-order chi connectivity index (χ0) is 14.0. The van der Waals surface area contributed by atoms with E-state index in [1.54, 1.807) is 23.0 Å². The summed E-state index contributed by atoms with van der Waals surface area (Å²) < 4.78 is 2.88. The number of thioether (sulfide) groups is 1. The lowest BCUT2D eigenvalue weighted by molar-refractivity contribution is 0.468. The van der Waals surface area contributed by atoms with Crippen molar-refractivity contribution in [2.24, 2.45) is 5.10 Å². The average molecular weight is 406 g/mol. The molecule has 0 aliphatic heterocycles. The van der Waals surface area contributed by atoms with Gasteiger partial charge in [0.15, 0.2) is 5.82 Å². The molecule has 0 aliphatic rings. The smallest absolute Gasteiger partial charge is 0.211 e. The molecule has 0 atom stereocenters. The van der Waals surface area contributed by atoms with Gasteiger partial charge in [-0.15, -0.1) is 10.2 Å². The number of rotatable bonds is 3. The van der Waals surface area contributed by atoms with Crippen LogP contribution in [0, 0.1) is 6.92 Å². The van der Waals surface area contributed by atoms with Crippen molar-refractivity contribution in [3.8, 4) is 5.75 Å². The minimum atomic E-state index is 0.169. The first-order chi connectivity index (χ1) is 9.02. The fraction of sp³-hybridized carbons (Fsp3) is 0.182. The van der Waals surface area contributed by atoms with Crippen LogP contribution in [0.25, 0.3) is 0 Å². The van der Waals surface area contributed by atoms with Crippen LogP contribution < -0.4 is 0 Å². The van der Waals surface area contributed by atoms with Crippen molar-refractivity contribution >= 4 is 49.8 Å². The Kier molecular flexibility index (Phi) is 4.64. The number of aromatic hydroxyl groups is 1. The fourth-order valence-corrected chi connectivity index (χ4v) is 3.08. The molecule has 1 aromatic heterocycles. The predicted octanol–water partition coefficient (Wildman–Crippen LogP) is 3.42. The molecule has 0 saturated carbocycles. The number of phenolic OH excluding ortho intramolecular Hbond substituents is 1. The van der Waals surface area contributed by atoms with Gasteiger partial charge in [-0.3, -0.25) is 0 Å². The molecule has 1 N–H and O–H groups in total. The van der Waals surface area contributed by atoms with E-state index in [9.17, 15) is 5.11 Å². The van der Waals surface area contributed by atoms with Crippen LogP contribution in [0.3, 0.4) is 0 Å². The Bertz CT molecular complexity index is 619. The van der Waals surface area contributed by atoms with Crippen LogP contribution in [0.15, 0.2) is 31.3 Å². The molecule has 0 fully saturated rings. The van der Waals surface area contributed by atoms with Gasteiger partial charge in [-0.05, 0) is 62.7 Å². The predicted molar refractivity (Wildman–Crippen MR) is 83.0 cm³/mol. The van der Waals surface area contributed by atoms with Gasteiger partial charge in [-0.1, -0.05) is 11.8 Å². The number of hydrogen-bond donors (Lipinski definition) is 1. The van der Waals surface area contributed by atoms with Crippen molar-refractivity contribution in [2.45, 2.75) is 12.1 Å². The summed E-state index contributed by atoms with van der Waals surface area (Å²) in [5, 5.41) is 22.7. The molecule has 1 heterocycles. The summed E-state index contributed by atoms with van der Waals surface area (Å²) in [5.74, 6) is 0.889. The Morgan fingerprint density at radius 3 is 2.53 bits per heavy atom. The molecule has 2 aromatic rings. The molecule has 0 amide bonds. The van der Waals surface area contributed by atoms with Gasteiger partial charge in [0, 0.05) is 0 Å². The Morgan fingerprint density at radius 2 is 1.95 bits per heavy atom. The third kappa shape index (κ3) is 3.18. The molecule has 0 bridgehead atoms.